The minimum absolute atomic E-state index is 0.0509. The van der Waals surface area contributed by atoms with Gasteiger partial charge in [-0.25, -0.2) is 13.1 Å². The highest BCUT2D eigenvalue weighted by Crippen LogP contribution is 2.31. The Morgan fingerprint density at radius 2 is 2.14 bits per heavy atom. The maximum absolute atomic E-state index is 12.4. The molecule has 118 valence electrons. The molecule has 22 heavy (non-hydrogen) atoms. The lowest BCUT2D eigenvalue weighted by Crippen LogP contribution is -2.33. The van der Waals surface area contributed by atoms with Crippen molar-refractivity contribution in [2.45, 2.75) is 36.8 Å². The maximum Gasteiger partial charge on any atom is 0.310 e. The number of carboxylic acid groups (broad SMARTS) is 1. The molecule has 0 fully saturated rings. The molecule has 3 rings (SSSR count). The molecule has 7 heteroatoms. The third kappa shape index (κ3) is 2.86. The van der Waals surface area contributed by atoms with Crippen LogP contribution in [0.5, 0.6) is 5.75 Å². The number of ether oxygens (including phenoxy) is 1. The Hall–Kier alpha value is -1.86. The summed E-state index contributed by atoms with van der Waals surface area (Å²) >= 11 is 0. The Bertz CT molecular complexity index is 740. The zero-order valence-electron chi connectivity index (χ0n) is 12.0. The molecule has 3 unspecified atom stereocenters. The van der Waals surface area contributed by atoms with Crippen LogP contribution in [0.4, 0.5) is 0 Å². The zero-order chi connectivity index (χ0) is 15.9. The summed E-state index contributed by atoms with van der Waals surface area (Å²) in [5.74, 6) is -0.860. The number of hydrogen-bond acceptors (Lipinski definition) is 4. The van der Waals surface area contributed by atoms with E-state index in [4.69, 9.17) is 9.84 Å². The van der Waals surface area contributed by atoms with E-state index in [0.29, 0.717) is 6.42 Å². The number of carboxylic acids is 1. The molecule has 0 amide bonds. The van der Waals surface area contributed by atoms with E-state index < -0.39 is 28.0 Å². The van der Waals surface area contributed by atoms with Crippen LogP contribution in [-0.2, 0) is 21.2 Å². The number of rotatable bonds is 4. The predicted molar refractivity (Wildman–Crippen MR) is 79.2 cm³/mol. The number of carbonyl (C=O) groups is 1. The molecular weight excluding hydrogens is 306 g/mol. The highest BCUT2D eigenvalue weighted by atomic mass is 32.2. The van der Waals surface area contributed by atoms with Crippen molar-refractivity contribution in [1.82, 2.24) is 4.72 Å². The van der Waals surface area contributed by atoms with Crippen LogP contribution in [0.2, 0.25) is 0 Å². The van der Waals surface area contributed by atoms with Crippen molar-refractivity contribution in [2.75, 3.05) is 0 Å². The Labute approximate surface area is 128 Å². The largest absolute Gasteiger partial charge is 0.490 e. The standard InChI is InChI=1S/C15H17NO5S/c1-9-6-11-8-13(4-5-14(11)21-9)22(19,20)16-12-3-2-10(7-12)15(17)18/h2-5,8-10,12,16H,6-7H2,1H3,(H,17,18). The van der Waals surface area contributed by atoms with Crippen molar-refractivity contribution >= 4 is 16.0 Å². The molecule has 1 aromatic carbocycles. The molecule has 2 aliphatic rings. The first kappa shape index (κ1) is 15.1. The average Bonchev–Trinajstić information content (AvgIpc) is 3.02. The molecule has 0 saturated carbocycles. The molecule has 6 nitrogen and oxygen atoms in total. The van der Waals surface area contributed by atoms with Crippen LogP contribution in [-0.4, -0.2) is 31.6 Å². The van der Waals surface area contributed by atoms with E-state index >= 15 is 0 Å². The molecule has 0 bridgehead atoms. The first-order valence-corrected chi connectivity index (χ1v) is 8.56. The van der Waals surface area contributed by atoms with Gasteiger partial charge in [0.25, 0.3) is 0 Å². The van der Waals surface area contributed by atoms with E-state index in [-0.39, 0.29) is 17.4 Å². The van der Waals surface area contributed by atoms with Crippen LogP contribution in [0.1, 0.15) is 18.9 Å². The molecule has 1 aromatic rings. The van der Waals surface area contributed by atoms with Crippen LogP contribution in [0, 0.1) is 5.92 Å². The lowest BCUT2D eigenvalue weighted by Gasteiger charge is -2.13. The van der Waals surface area contributed by atoms with Gasteiger partial charge >= 0.3 is 5.97 Å². The zero-order valence-corrected chi connectivity index (χ0v) is 12.8. The van der Waals surface area contributed by atoms with Crippen LogP contribution < -0.4 is 9.46 Å². The van der Waals surface area contributed by atoms with Crippen LogP contribution >= 0.6 is 0 Å². The molecule has 0 spiro atoms. The first-order chi connectivity index (χ1) is 10.3. The van der Waals surface area contributed by atoms with Gasteiger partial charge in [-0.05, 0) is 37.1 Å². The minimum atomic E-state index is -3.68. The molecule has 1 aliphatic carbocycles. The monoisotopic (exact) mass is 323 g/mol. The molecule has 3 atom stereocenters. The second-order valence-electron chi connectivity index (χ2n) is 5.70. The summed E-state index contributed by atoms with van der Waals surface area (Å²) < 4.78 is 32.9. The van der Waals surface area contributed by atoms with E-state index in [1.807, 2.05) is 6.92 Å². The second kappa shape index (κ2) is 5.40. The molecule has 0 saturated heterocycles. The number of hydrogen-bond donors (Lipinski definition) is 2. The van der Waals surface area contributed by atoms with Gasteiger partial charge in [-0.15, -0.1) is 0 Å². The average molecular weight is 323 g/mol. The Morgan fingerprint density at radius 3 is 2.82 bits per heavy atom. The van der Waals surface area contributed by atoms with Crippen LogP contribution in [0.3, 0.4) is 0 Å². The first-order valence-electron chi connectivity index (χ1n) is 7.08. The van der Waals surface area contributed by atoms with Gasteiger partial charge in [-0.1, -0.05) is 12.2 Å². The summed E-state index contributed by atoms with van der Waals surface area (Å²) in [6.45, 7) is 1.93. The van der Waals surface area contributed by atoms with Crippen LogP contribution in [0.25, 0.3) is 0 Å². The third-order valence-electron chi connectivity index (χ3n) is 3.89. The van der Waals surface area contributed by atoms with Gasteiger partial charge < -0.3 is 9.84 Å². The van der Waals surface area contributed by atoms with Crippen molar-refractivity contribution in [1.29, 1.82) is 0 Å². The Kier molecular flexibility index (Phi) is 3.70. The van der Waals surface area contributed by atoms with E-state index in [0.717, 1.165) is 11.3 Å². The van der Waals surface area contributed by atoms with Crippen molar-refractivity contribution < 1.29 is 23.1 Å². The molecule has 0 aromatic heterocycles. The fraction of sp³-hybridized carbons (Fsp3) is 0.400. The molecular formula is C15H17NO5S. The maximum atomic E-state index is 12.4. The number of fused-ring (bicyclic) bond motifs is 1. The lowest BCUT2D eigenvalue weighted by atomic mass is 10.1. The summed E-state index contributed by atoms with van der Waals surface area (Å²) in [5.41, 5.74) is 0.876. The van der Waals surface area contributed by atoms with Gasteiger partial charge in [0.1, 0.15) is 11.9 Å². The third-order valence-corrected chi connectivity index (χ3v) is 5.37. The van der Waals surface area contributed by atoms with Crippen molar-refractivity contribution in [3.05, 3.63) is 35.9 Å². The molecule has 0 radical (unpaired) electrons. The number of nitrogens with one attached hydrogen (secondary N) is 1. The molecule has 1 heterocycles. The Balaban J connectivity index is 1.76. The fourth-order valence-corrected chi connectivity index (χ4v) is 4.06. The van der Waals surface area contributed by atoms with Gasteiger partial charge in [0.15, 0.2) is 0 Å². The summed E-state index contributed by atoms with van der Waals surface area (Å²) in [5, 5.41) is 8.93. The van der Waals surface area contributed by atoms with Gasteiger partial charge in [0.2, 0.25) is 10.0 Å². The van der Waals surface area contributed by atoms with E-state index in [9.17, 15) is 13.2 Å². The normalized spacial score (nSPS) is 26.7. The summed E-state index contributed by atoms with van der Waals surface area (Å²) in [6.07, 6.45) is 4.08. The van der Waals surface area contributed by atoms with Gasteiger partial charge in [0.05, 0.1) is 10.8 Å². The Morgan fingerprint density at radius 1 is 1.36 bits per heavy atom. The highest BCUT2D eigenvalue weighted by Gasteiger charge is 2.29. The summed E-state index contributed by atoms with van der Waals surface area (Å²) in [7, 11) is -3.68. The van der Waals surface area contributed by atoms with Crippen molar-refractivity contribution in [2.24, 2.45) is 5.92 Å². The smallest absolute Gasteiger partial charge is 0.310 e. The van der Waals surface area contributed by atoms with Gasteiger partial charge in [-0.2, -0.15) is 0 Å². The number of aliphatic carboxylic acids is 1. The predicted octanol–water partition coefficient (Wildman–Crippen LogP) is 1.32. The summed E-state index contributed by atoms with van der Waals surface area (Å²) in [6, 6.07) is 4.30. The lowest BCUT2D eigenvalue weighted by molar-refractivity contribution is -0.140. The van der Waals surface area contributed by atoms with Crippen molar-refractivity contribution in [3.8, 4) is 5.75 Å². The van der Waals surface area contributed by atoms with Gasteiger partial charge in [0, 0.05) is 12.5 Å². The van der Waals surface area contributed by atoms with Crippen LogP contribution in [0.15, 0.2) is 35.2 Å². The quantitative estimate of drug-likeness (QED) is 0.815. The molecule has 1 aliphatic heterocycles. The van der Waals surface area contributed by atoms with E-state index in [2.05, 4.69) is 4.72 Å². The topological polar surface area (TPSA) is 92.7 Å². The SMILES string of the molecule is CC1Cc2cc(S(=O)(=O)NC3C=CC(C(=O)O)C3)ccc2O1. The molecule has 2 N–H and O–H groups in total. The van der Waals surface area contributed by atoms with E-state index in [1.165, 1.54) is 12.1 Å². The van der Waals surface area contributed by atoms with E-state index in [1.54, 1.807) is 18.2 Å². The summed E-state index contributed by atoms with van der Waals surface area (Å²) in [4.78, 5) is 11.1. The number of sulfonamides is 1. The second-order valence-corrected chi connectivity index (χ2v) is 7.41. The minimum Gasteiger partial charge on any atom is -0.490 e. The van der Waals surface area contributed by atoms with Crippen molar-refractivity contribution in [3.63, 3.8) is 0 Å². The number of benzene rings is 1. The fourth-order valence-electron chi connectivity index (χ4n) is 2.80. The highest BCUT2D eigenvalue weighted by molar-refractivity contribution is 7.89. The van der Waals surface area contributed by atoms with Gasteiger partial charge in [-0.3, -0.25) is 4.79 Å².